The molecule has 2 rings (SSSR count). The Morgan fingerprint density at radius 1 is 1.18 bits per heavy atom. The van der Waals surface area contributed by atoms with Gasteiger partial charge in [0.25, 0.3) is 0 Å². The van der Waals surface area contributed by atoms with E-state index in [-0.39, 0.29) is 6.04 Å². The summed E-state index contributed by atoms with van der Waals surface area (Å²) in [5, 5.41) is 18.8. The van der Waals surface area contributed by atoms with E-state index in [2.05, 4.69) is 4.90 Å². The Balaban J connectivity index is 2.05. The Bertz CT molecular complexity index is 151. The van der Waals surface area contributed by atoms with Gasteiger partial charge in [-0.15, -0.1) is 0 Å². The van der Waals surface area contributed by atoms with E-state index in [1.807, 2.05) is 0 Å². The van der Waals surface area contributed by atoms with Crippen LogP contribution in [0.3, 0.4) is 0 Å². The molecule has 0 bridgehead atoms. The van der Waals surface area contributed by atoms with Gasteiger partial charge < -0.3 is 10.2 Å². The van der Waals surface area contributed by atoms with E-state index < -0.39 is 12.2 Å². The van der Waals surface area contributed by atoms with E-state index in [0.29, 0.717) is 6.54 Å². The molecule has 0 saturated carbocycles. The van der Waals surface area contributed by atoms with Crippen molar-refractivity contribution in [3.8, 4) is 0 Å². The van der Waals surface area contributed by atoms with Crippen LogP contribution in [0.4, 0.5) is 0 Å². The fourth-order valence-electron chi connectivity index (χ4n) is 2.23. The van der Waals surface area contributed by atoms with Crippen molar-refractivity contribution in [3.63, 3.8) is 0 Å². The second-order valence-corrected chi connectivity index (χ2v) is 3.62. The highest BCUT2D eigenvalue weighted by atomic mass is 16.3. The summed E-state index contributed by atoms with van der Waals surface area (Å²) in [7, 11) is 0. The lowest BCUT2D eigenvalue weighted by Crippen LogP contribution is -2.39. The van der Waals surface area contributed by atoms with Crippen LogP contribution in [0.1, 0.15) is 19.3 Å². The summed E-state index contributed by atoms with van der Waals surface area (Å²) >= 11 is 0. The first-order valence-electron chi connectivity index (χ1n) is 4.39. The van der Waals surface area contributed by atoms with E-state index in [1.54, 1.807) is 0 Å². The Kier molecular flexibility index (Phi) is 1.87. The van der Waals surface area contributed by atoms with Gasteiger partial charge in [0.2, 0.25) is 0 Å². The van der Waals surface area contributed by atoms with Gasteiger partial charge in [-0.2, -0.15) is 0 Å². The van der Waals surface area contributed by atoms with E-state index in [0.717, 1.165) is 13.0 Å². The lowest BCUT2D eigenvalue weighted by Gasteiger charge is -2.29. The van der Waals surface area contributed by atoms with Crippen LogP contribution in [-0.2, 0) is 0 Å². The molecule has 0 unspecified atom stereocenters. The topological polar surface area (TPSA) is 43.7 Å². The number of fused-ring (bicyclic) bond motifs is 1. The molecule has 2 fully saturated rings. The van der Waals surface area contributed by atoms with Crippen molar-refractivity contribution in [2.45, 2.75) is 37.5 Å². The maximum absolute atomic E-state index is 9.50. The zero-order chi connectivity index (χ0) is 7.84. The summed E-state index contributed by atoms with van der Waals surface area (Å²) in [5.74, 6) is 0. The highest BCUT2D eigenvalue weighted by Gasteiger charge is 2.40. The molecule has 2 N–H and O–H groups in total. The van der Waals surface area contributed by atoms with Gasteiger partial charge >= 0.3 is 0 Å². The van der Waals surface area contributed by atoms with Crippen LogP contribution in [0.15, 0.2) is 0 Å². The second-order valence-electron chi connectivity index (χ2n) is 3.62. The van der Waals surface area contributed by atoms with Crippen molar-refractivity contribution in [1.29, 1.82) is 0 Å². The third-order valence-corrected chi connectivity index (χ3v) is 2.87. The van der Waals surface area contributed by atoms with Crippen LogP contribution >= 0.6 is 0 Å². The molecule has 2 aliphatic rings. The SMILES string of the molecule is O[C@@H]1[C@H]2CCCCN2C[C@@H]1O. The molecule has 3 atom stereocenters. The average molecular weight is 157 g/mol. The highest BCUT2D eigenvalue weighted by Crippen LogP contribution is 2.26. The van der Waals surface area contributed by atoms with E-state index in [9.17, 15) is 10.2 Å². The first-order valence-corrected chi connectivity index (χ1v) is 4.39. The monoisotopic (exact) mass is 157 g/mol. The Morgan fingerprint density at radius 2 is 2.00 bits per heavy atom. The van der Waals surface area contributed by atoms with Crippen LogP contribution in [0.25, 0.3) is 0 Å². The molecule has 0 aromatic heterocycles. The van der Waals surface area contributed by atoms with E-state index in [1.165, 1.54) is 12.8 Å². The number of rotatable bonds is 0. The van der Waals surface area contributed by atoms with Gasteiger partial charge in [-0.1, -0.05) is 6.42 Å². The van der Waals surface area contributed by atoms with Gasteiger partial charge in [0, 0.05) is 12.6 Å². The second kappa shape index (κ2) is 2.73. The summed E-state index contributed by atoms with van der Waals surface area (Å²) in [6, 6.07) is 0.249. The van der Waals surface area contributed by atoms with Crippen molar-refractivity contribution >= 4 is 0 Å². The molecule has 3 nitrogen and oxygen atoms in total. The largest absolute Gasteiger partial charge is 0.389 e. The summed E-state index contributed by atoms with van der Waals surface area (Å²) in [4.78, 5) is 2.21. The van der Waals surface area contributed by atoms with Crippen LogP contribution in [0.2, 0.25) is 0 Å². The lowest BCUT2D eigenvalue weighted by molar-refractivity contribution is 0.0318. The maximum Gasteiger partial charge on any atom is 0.0966 e. The standard InChI is InChI=1S/C8H15NO2/c10-7-5-9-4-2-1-3-6(9)8(7)11/h6-8,10-11H,1-5H2/t6-,7+,8-/m1/s1. The molecule has 11 heavy (non-hydrogen) atoms. The first kappa shape index (κ1) is 7.53. The van der Waals surface area contributed by atoms with Gasteiger partial charge in [0.15, 0.2) is 0 Å². The summed E-state index contributed by atoms with van der Waals surface area (Å²) in [6.45, 7) is 1.73. The van der Waals surface area contributed by atoms with Gasteiger partial charge in [-0.05, 0) is 19.4 Å². The molecule has 3 heteroatoms. The Morgan fingerprint density at radius 3 is 2.73 bits per heavy atom. The van der Waals surface area contributed by atoms with Crippen molar-refractivity contribution in [2.24, 2.45) is 0 Å². The fraction of sp³-hybridized carbons (Fsp3) is 1.00. The molecule has 64 valence electrons. The van der Waals surface area contributed by atoms with Crippen LogP contribution in [-0.4, -0.2) is 46.5 Å². The smallest absolute Gasteiger partial charge is 0.0966 e. The first-order chi connectivity index (χ1) is 5.29. The molecular weight excluding hydrogens is 142 g/mol. The third kappa shape index (κ3) is 1.17. The van der Waals surface area contributed by atoms with Crippen LogP contribution in [0.5, 0.6) is 0 Å². The van der Waals surface area contributed by atoms with Crippen LogP contribution in [0, 0.1) is 0 Å². The predicted octanol–water partition coefficient (Wildman–Crippen LogP) is -0.424. The average Bonchev–Trinajstić information content (AvgIpc) is 2.30. The summed E-state index contributed by atoms with van der Waals surface area (Å²) in [5.41, 5.74) is 0. The number of hydrogen-bond acceptors (Lipinski definition) is 3. The number of aliphatic hydroxyl groups is 2. The zero-order valence-corrected chi connectivity index (χ0v) is 6.61. The Hall–Kier alpha value is -0.120. The number of aliphatic hydroxyl groups excluding tert-OH is 2. The molecule has 0 amide bonds. The molecule has 0 aromatic carbocycles. The molecule has 0 spiro atoms. The van der Waals surface area contributed by atoms with E-state index >= 15 is 0 Å². The quantitative estimate of drug-likeness (QED) is 0.502. The highest BCUT2D eigenvalue weighted by molar-refractivity contribution is 4.94. The molecule has 0 radical (unpaired) electrons. The van der Waals surface area contributed by atoms with Gasteiger partial charge in [-0.3, -0.25) is 4.90 Å². The summed E-state index contributed by atoms with van der Waals surface area (Å²) < 4.78 is 0. The number of piperidine rings is 1. The van der Waals surface area contributed by atoms with Crippen molar-refractivity contribution in [3.05, 3.63) is 0 Å². The molecule has 2 aliphatic heterocycles. The van der Waals surface area contributed by atoms with Gasteiger partial charge in [0.1, 0.15) is 0 Å². The normalized spacial score (nSPS) is 45.8. The number of hydrogen-bond donors (Lipinski definition) is 2. The molecule has 2 saturated heterocycles. The van der Waals surface area contributed by atoms with Gasteiger partial charge in [0.05, 0.1) is 12.2 Å². The van der Waals surface area contributed by atoms with Crippen molar-refractivity contribution < 1.29 is 10.2 Å². The van der Waals surface area contributed by atoms with Crippen molar-refractivity contribution in [1.82, 2.24) is 4.90 Å². The van der Waals surface area contributed by atoms with E-state index in [4.69, 9.17) is 0 Å². The molecule has 2 heterocycles. The predicted molar refractivity (Wildman–Crippen MR) is 41.2 cm³/mol. The zero-order valence-electron chi connectivity index (χ0n) is 6.61. The lowest BCUT2D eigenvalue weighted by atomic mass is 10.0. The Labute approximate surface area is 66.6 Å². The minimum atomic E-state index is -0.502. The fourth-order valence-corrected chi connectivity index (χ4v) is 2.23. The third-order valence-electron chi connectivity index (χ3n) is 2.87. The minimum absolute atomic E-state index is 0.249. The summed E-state index contributed by atoms with van der Waals surface area (Å²) in [6.07, 6.45) is 2.48. The minimum Gasteiger partial charge on any atom is -0.389 e. The van der Waals surface area contributed by atoms with Crippen molar-refractivity contribution in [2.75, 3.05) is 13.1 Å². The van der Waals surface area contributed by atoms with Crippen LogP contribution < -0.4 is 0 Å². The molecular formula is C8H15NO2. The molecule has 0 aromatic rings. The van der Waals surface area contributed by atoms with Gasteiger partial charge in [-0.25, -0.2) is 0 Å². The maximum atomic E-state index is 9.50. The molecule has 0 aliphatic carbocycles. The number of nitrogens with zero attached hydrogens (tertiary/aromatic N) is 1.